The van der Waals surface area contributed by atoms with Gasteiger partial charge in [-0.2, -0.15) is 0 Å². The van der Waals surface area contributed by atoms with Crippen molar-refractivity contribution in [2.75, 3.05) is 17.4 Å². The Labute approximate surface area is 125 Å². The van der Waals surface area contributed by atoms with E-state index < -0.39 is 0 Å². The lowest BCUT2D eigenvalue weighted by molar-refractivity contribution is -0.383. The molecular formula is C15H24N4O2. The second-order valence-corrected chi connectivity index (χ2v) is 6.58. The van der Waals surface area contributed by atoms with Crippen LogP contribution in [-0.4, -0.2) is 18.0 Å². The first-order valence-corrected chi connectivity index (χ1v) is 7.32. The molecule has 1 saturated carbocycles. The van der Waals surface area contributed by atoms with Crippen LogP contribution in [0.4, 0.5) is 17.1 Å². The molecule has 116 valence electrons. The summed E-state index contributed by atoms with van der Waals surface area (Å²) in [6.07, 6.45) is 4.40. The summed E-state index contributed by atoms with van der Waals surface area (Å²) in [7, 11) is 1.94. The first-order chi connectivity index (χ1) is 9.85. The highest BCUT2D eigenvalue weighted by molar-refractivity contribution is 5.76. The van der Waals surface area contributed by atoms with E-state index in [1.54, 1.807) is 18.2 Å². The van der Waals surface area contributed by atoms with E-state index in [-0.39, 0.29) is 10.6 Å². The molecule has 0 unspecified atom stereocenters. The fraction of sp³-hybridized carbons (Fsp3) is 0.600. The van der Waals surface area contributed by atoms with E-state index in [0.29, 0.717) is 22.8 Å². The van der Waals surface area contributed by atoms with Crippen LogP contribution in [0.2, 0.25) is 0 Å². The van der Waals surface area contributed by atoms with Gasteiger partial charge in [0.05, 0.1) is 4.92 Å². The molecular weight excluding hydrogens is 268 g/mol. The van der Waals surface area contributed by atoms with Crippen LogP contribution in [0.25, 0.3) is 0 Å². The van der Waals surface area contributed by atoms with Crippen LogP contribution in [0.5, 0.6) is 0 Å². The summed E-state index contributed by atoms with van der Waals surface area (Å²) in [5, 5.41) is 11.4. The third-order valence-electron chi connectivity index (χ3n) is 4.59. The van der Waals surface area contributed by atoms with Gasteiger partial charge in [-0.15, -0.1) is 0 Å². The predicted octanol–water partition coefficient (Wildman–Crippen LogP) is 3.29. The summed E-state index contributed by atoms with van der Waals surface area (Å²) in [5.41, 5.74) is 3.82. The van der Waals surface area contributed by atoms with Crippen molar-refractivity contribution in [3.8, 4) is 0 Å². The van der Waals surface area contributed by atoms with Gasteiger partial charge in [0, 0.05) is 13.1 Å². The van der Waals surface area contributed by atoms with Crippen LogP contribution in [0.3, 0.4) is 0 Å². The lowest BCUT2D eigenvalue weighted by Gasteiger charge is -2.39. The number of hydrogen-bond acceptors (Lipinski definition) is 5. The van der Waals surface area contributed by atoms with Crippen molar-refractivity contribution in [2.24, 2.45) is 11.3 Å². The molecule has 0 amide bonds. The van der Waals surface area contributed by atoms with Gasteiger partial charge in [0.15, 0.2) is 0 Å². The molecule has 0 aliphatic heterocycles. The van der Waals surface area contributed by atoms with E-state index in [1.807, 2.05) is 11.9 Å². The fourth-order valence-electron chi connectivity index (χ4n) is 3.09. The number of nitrogens with zero attached hydrogens (tertiary/aromatic N) is 2. The smallest absolute Gasteiger partial charge is 0.316 e. The molecule has 0 aromatic heterocycles. The minimum Gasteiger partial charge on any atom is -0.366 e. The Morgan fingerprint density at radius 3 is 2.52 bits per heavy atom. The maximum absolute atomic E-state index is 11.4. The molecule has 0 heterocycles. The van der Waals surface area contributed by atoms with Crippen LogP contribution < -0.4 is 16.2 Å². The fourth-order valence-corrected chi connectivity index (χ4v) is 3.09. The Morgan fingerprint density at radius 2 is 2.00 bits per heavy atom. The molecule has 1 aliphatic carbocycles. The lowest BCUT2D eigenvalue weighted by Crippen LogP contribution is -2.37. The number of nitrogens with two attached hydrogens (primary N) is 1. The molecule has 6 nitrogen and oxygen atoms in total. The van der Waals surface area contributed by atoms with Crippen molar-refractivity contribution in [1.82, 2.24) is 0 Å². The Kier molecular flexibility index (Phi) is 4.37. The second-order valence-electron chi connectivity index (χ2n) is 6.58. The van der Waals surface area contributed by atoms with Crippen molar-refractivity contribution in [3.05, 3.63) is 28.3 Å². The van der Waals surface area contributed by atoms with Gasteiger partial charge in [-0.05, 0) is 43.2 Å². The predicted molar refractivity (Wildman–Crippen MR) is 85.3 cm³/mol. The first-order valence-electron chi connectivity index (χ1n) is 7.32. The standard InChI is InChI=1S/C15H24N4O2/c1-15(2)9-7-11(8-10-15)18(3)13-6-4-5-12(17-16)14(13)19(20)21/h4-6,11,17H,7-10,16H2,1-3H3. The average Bonchev–Trinajstić information content (AvgIpc) is 2.45. The van der Waals surface area contributed by atoms with E-state index in [2.05, 4.69) is 19.3 Å². The molecule has 3 N–H and O–H groups in total. The topological polar surface area (TPSA) is 84.4 Å². The maximum atomic E-state index is 11.4. The summed E-state index contributed by atoms with van der Waals surface area (Å²) in [6.45, 7) is 4.56. The van der Waals surface area contributed by atoms with Crippen LogP contribution >= 0.6 is 0 Å². The number of anilines is 2. The number of nitro groups is 1. The van der Waals surface area contributed by atoms with E-state index >= 15 is 0 Å². The summed E-state index contributed by atoms with van der Waals surface area (Å²) >= 11 is 0. The third-order valence-corrected chi connectivity index (χ3v) is 4.59. The van der Waals surface area contributed by atoms with Crippen molar-refractivity contribution >= 4 is 17.1 Å². The highest BCUT2D eigenvalue weighted by Gasteiger charge is 2.31. The third kappa shape index (κ3) is 3.26. The van der Waals surface area contributed by atoms with Crippen LogP contribution in [0.1, 0.15) is 39.5 Å². The second kappa shape index (κ2) is 5.89. The van der Waals surface area contributed by atoms with Crippen molar-refractivity contribution in [2.45, 2.75) is 45.6 Å². The van der Waals surface area contributed by atoms with Crippen LogP contribution in [-0.2, 0) is 0 Å². The summed E-state index contributed by atoms with van der Waals surface area (Å²) < 4.78 is 0. The number of rotatable bonds is 4. The number of nitrogens with one attached hydrogen (secondary N) is 1. The maximum Gasteiger partial charge on any atom is 0.316 e. The molecule has 0 saturated heterocycles. The molecule has 1 aliphatic rings. The van der Waals surface area contributed by atoms with Gasteiger partial charge >= 0.3 is 5.69 Å². The van der Waals surface area contributed by atoms with Crippen LogP contribution in [0, 0.1) is 15.5 Å². The molecule has 1 fully saturated rings. The molecule has 21 heavy (non-hydrogen) atoms. The molecule has 0 radical (unpaired) electrons. The first kappa shape index (κ1) is 15.6. The monoisotopic (exact) mass is 292 g/mol. The summed E-state index contributed by atoms with van der Waals surface area (Å²) in [5.74, 6) is 5.40. The van der Waals surface area contributed by atoms with Gasteiger partial charge in [0.2, 0.25) is 0 Å². The molecule has 0 spiro atoms. The quantitative estimate of drug-likeness (QED) is 0.505. The summed E-state index contributed by atoms with van der Waals surface area (Å²) in [6, 6.07) is 5.55. The molecule has 6 heteroatoms. The largest absolute Gasteiger partial charge is 0.366 e. The highest BCUT2D eigenvalue weighted by atomic mass is 16.6. The van der Waals surface area contributed by atoms with Gasteiger partial charge in [-0.1, -0.05) is 19.9 Å². The van der Waals surface area contributed by atoms with Gasteiger partial charge in [-0.3, -0.25) is 16.0 Å². The average molecular weight is 292 g/mol. The Morgan fingerprint density at radius 1 is 1.38 bits per heavy atom. The zero-order chi connectivity index (χ0) is 15.6. The van der Waals surface area contributed by atoms with E-state index in [9.17, 15) is 10.1 Å². The Hall–Kier alpha value is -1.82. The minimum atomic E-state index is -0.367. The number of para-hydroxylation sites is 1. The highest BCUT2D eigenvalue weighted by Crippen LogP contribution is 2.41. The zero-order valence-electron chi connectivity index (χ0n) is 12.9. The number of hydrazine groups is 1. The molecule has 2 rings (SSSR count). The van der Waals surface area contributed by atoms with Crippen LogP contribution in [0.15, 0.2) is 18.2 Å². The Balaban J connectivity index is 2.27. The SMILES string of the molecule is CN(c1cccc(NN)c1[N+](=O)[O-])C1CCC(C)(C)CC1. The molecule has 0 bridgehead atoms. The minimum absolute atomic E-state index is 0.0485. The number of benzene rings is 1. The van der Waals surface area contributed by atoms with Crippen molar-refractivity contribution in [1.29, 1.82) is 0 Å². The Bertz CT molecular complexity index is 520. The van der Waals surface area contributed by atoms with Crippen molar-refractivity contribution in [3.63, 3.8) is 0 Å². The molecule has 1 aromatic carbocycles. The summed E-state index contributed by atoms with van der Waals surface area (Å²) in [4.78, 5) is 13.0. The van der Waals surface area contributed by atoms with Gasteiger partial charge in [-0.25, -0.2) is 0 Å². The molecule has 0 atom stereocenters. The molecule has 1 aromatic rings. The number of nitro benzene ring substituents is 1. The van der Waals surface area contributed by atoms with Gasteiger partial charge < -0.3 is 10.3 Å². The van der Waals surface area contributed by atoms with E-state index in [1.165, 1.54) is 0 Å². The van der Waals surface area contributed by atoms with Gasteiger partial charge in [0.1, 0.15) is 11.4 Å². The van der Waals surface area contributed by atoms with E-state index in [4.69, 9.17) is 5.84 Å². The van der Waals surface area contributed by atoms with Gasteiger partial charge in [0.25, 0.3) is 0 Å². The van der Waals surface area contributed by atoms with E-state index in [0.717, 1.165) is 25.7 Å². The normalized spacial score (nSPS) is 18.3. The zero-order valence-corrected chi connectivity index (χ0v) is 12.9. The van der Waals surface area contributed by atoms with Crippen molar-refractivity contribution < 1.29 is 4.92 Å². The number of hydrogen-bond donors (Lipinski definition) is 2. The lowest BCUT2D eigenvalue weighted by atomic mass is 9.75. The number of nitrogen functional groups attached to an aromatic ring is 1.